The molecule has 0 aromatic heterocycles. The fourth-order valence-electron chi connectivity index (χ4n) is 1.47. The minimum absolute atomic E-state index is 0. The molecular formula is C10H25IN2Nd. The summed E-state index contributed by atoms with van der Waals surface area (Å²) in [5, 5.41) is 0. The largest absolute Gasteiger partial charge is 0.107 e. The van der Waals surface area contributed by atoms with Gasteiger partial charge in [0, 0.05) is 0 Å². The predicted octanol–water partition coefficient (Wildman–Crippen LogP) is 2.70. The minimum Gasteiger partial charge on any atom is -0.107 e. The quantitative estimate of drug-likeness (QED) is 0.582. The van der Waals surface area contributed by atoms with Crippen LogP contribution in [0.15, 0.2) is 0 Å². The molecule has 0 spiro atoms. The monoisotopic (exact) mass is 442 g/mol. The molecule has 14 heavy (non-hydrogen) atoms. The average molecular weight is 444 g/mol. The van der Waals surface area contributed by atoms with Gasteiger partial charge >= 0.3 is 106 Å². The van der Waals surface area contributed by atoms with Crippen LogP contribution in [0.5, 0.6) is 0 Å². The molecule has 0 aliphatic carbocycles. The third-order valence-corrected chi connectivity index (χ3v) is 4.98. The van der Waals surface area contributed by atoms with Crippen LogP contribution >= 0.6 is 24.0 Å². The number of halogens is 1. The van der Waals surface area contributed by atoms with Crippen LogP contribution in [0.1, 0.15) is 27.7 Å². The molecule has 0 N–H and O–H groups in total. The fourth-order valence-corrected chi connectivity index (χ4v) is 6.21. The first-order chi connectivity index (χ1) is 5.91. The van der Waals surface area contributed by atoms with Crippen molar-refractivity contribution in [1.82, 2.24) is 1.97 Å². The molecule has 0 atom stereocenters. The second-order valence-electron chi connectivity index (χ2n) is 4.65. The second-order valence-corrected chi connectivity index (χ2v) is 10.2. The van der Waals surface area contributed by atoms with Gasteiger partial charge in [-0.1, -0.05) is 0 Å². The molecule has 0 amide bonds. The summed E-state index contributed by atoms with van der Waals surface area (Å²) >= 11 is -0.654. The Hall–Kier alpha value is 2.00. The van der Waals surface area contributed by atoms with Crippen LogP contribution in [-0.2, 0) is 0 Å². The summed E-state index contributed by atoms with van der Waals surface area (Å²) < 4.78 is 5.15. The molecule has 2 nitrogen and oxygen atoms in total. The zero-order valence-electron chi connectivity index (χ0n) is 10.4. The molecule has 86 valence electrons. The van der Waals surface area contributed by atoms with E-state index in [0.717, 1.165) is 11.8 Å². The summed E-state index contributed by atoms with van der Waals surface area (Å²) in [5.41, 5.74) is 0. The molecule has 0 radical (unpaired) electrons. The van der Waals surface area contributed by atoms with Gasteiger partial charge in [0.15, 0.2) is 0 Å². The summed E-state index contributed by atoms with van der Waals surface area (Å²) in [5.74, 6) is 1.62. The van der Waals surface area contributed by atoms with Crippen LogP contribution in [0, 0.1) is 49.3 Å². The number of nitrogens with zero attached hydrogens (tertiary/aromatic N) is 2. The standard InChI is InChI=1S/2C5H12N.HI.Nd/c2*1-5(2)4-6-3;;/h2*5H,4H2,1-3H3;1H;/q2*-1;;+2. The summed E-state index contributed by atoms with van der Waals surface area (Å²) in [6.45, 7) is 11.7. The van der Waals surface area contributed by atoms with Crippen LogP contribution < -0.4 is 0 Å². The van der Waals surface area contributed by atoms with Crippen LogP contribution in [0.25, 0.3) is 0 Å². The Labute approximate surface area is 128 Å². The van der Waals surface area contributed by atoms with Gasteiger partial charge in [-0.3, -0.25) is 0 Å². The molecule has 0 aliphatic heterocycles. The van der Waals surface area contributed by atoms with Gasteiger partial charge < -0.3 is 0 Å². The van der Waals surface area contributed by atoms with E-state index in [-0.39, 0.29) is 24.0 Å². The molecule has 0 bridgehead atoms. The van der Waals surface area contributed by atoms with Gasteiger partial charge in [-0.2, -0.15) is 0 Å². The molecular weight excluding hydrogens is 419 g/mol. The SMILES string of the molecule is CC(C)C[N](C)[Nd][N](C)CC(C)C.I. The second kappa shape index (κ2) is 10.2. The van der Waals surface area contributed by atoms with Gasteiger partial charge in [-0.15, -0.1) is 24.0 Å². The Bertz CT molecular complexity index is 117. The van der Waals surface area contributed by atoms with Crippen LogP contribution in [0.4, 0.5) is 0 Å². The number of hydrogen-bond donors (Lipinski definition) is 0. The Morgan fingerprint density at radius 3 is 1.36 bits per heavy atom. The Balaban J connectivity index is 0. The van der Waals surface area contributed by atoms with Crippen molar-refractivity contribution >= 4 is 24.0 Å². The maximum atomic E-state index is 2.58. The van der Waals surface area contributed by atoms with Crippen molar-refractivity contribution in [2.45, 2.75) is 27.7 Å². The first-order valence-electron chi connectivity index (χ1n) is 5.10. The van der Waals surface area contributed by atoms with Crippen molar-refractivity contribution < 1.29 is 37.5 Å². The van der Waals surface area contributed by atoms with E-state index in [4.69, 9.17) is 0 Å². The molecule has 0 unspecified atom stereocenters. The third kappa shape index (κ3) is 12.1. The van der Waals surface area contributed by atoms with Crippen molar-refractivity contribution in [3.63, 3.8) is 0 Å². The first kappa shape index (κ1) is 18.4. The van der Waals surface area contributed by atoms with Crippen molar-refractivity contribution in [3.8, 4) is 0 Å². The maximum absolute atomic E-state index is 2.58. The topological polar surface area (TPSA) is 6.48 Å². The first-order valence-corrected chi connectivity index (χ1v) is 7.97. The van der Waals surface area contributed by atoms with Crippen molar-refractivity contribution in [1.29, 1.82) is 0 Å². The predicted molar refractivity (Wildman–Crippen MR) is 70.4 cm³/mol. The maximum Gasteiger partial charge on any atom is -0.107 e. The Morgan fingerprint density at radius 1 is 0.857 bits per heavy atom. The molecule has 0 aliphatic rings. The van der Waals surface area contributed by atoms with Gasteiger partial charge in [0.2, 0.25) is 0 Å². The van der Waals surface area contributed by atoms with E-state index in [1.54, 1.807) is 0 Å². The van der Waals surface area contributed by atoms with Crippen molar-refractivity contribution in [2.24, 2.45) is 11.8 Å². The zero-order chi connectivity index (χ0) is 10.4. The van der Waals surface area contributed by atoms with E-state index in [0.29, 0.717) is 0 Å². The van der Waals surface area contributed by atoms with E-state index in [1.807, 2.05) is 0 Å². The van der Waals surface area contributed by atoms with Crippen molar-refractivity contribution in [2.75, 3.05) is 27.2 Å². The van der Waals surface area contributed by atoms with Gasteiger partial charge in [0.25, 0.3) is 0 Å². The van der Waals surface area contributed by atoms with Crippen LogP contribution in [0.2, 0.25) is 0 Å². The molecule has 0 heterocycles. The van der Waals surface area contributed by atoms with E-state index in [1.165, 1.54) is 13.1 Å². The molecule has 0 saturated carbocycles. The van der Waals surface area contributed by atoms with Crippen LogP contribution in [0.3, 0.4) is 0 Å². The normalized spacial score (nSPS) is 11.3. The Kier molecular flexibility index (Phi) is 13.3. The summed E-state index contributed by atoms with van der Waals surface area (Å²) in [6.07, 6.45) is 0. The van der Waals surface area contributed by atoms with E-state index in [9.17, 15) is 0 Å². The van der Waals surface area contributed by atoms with Crippen molar-refractivity contribution in [3.05, 3.63) is 0 Å². The molecule has 0 rings (SSSR count). The van der Waals surface area contributed by atoms with Gasteiger partial charge in [0.1, 0.15) is 0 Å². The van der Waals surface area contributed by atoms with Crippen LogP contribution in [-0.4, -0.2) is 29.2 Å². The molecule has 0 saturated heterocycles. The fraction of sp³-hybridized carbons (Fsp3) is 1.00. The Morgan fingerprint density at radius 2 is 1.14 bits per heavy atom. The summed E-state index contributed by atoms with van der Waals surface area (Å²) in [4.78, 5) is 0. The third-order valence-electron chi connectivity index (χ3n) is 1.62. The molecule has 4 heteroatoms. The average Bonchev–Trinajstić information content (AvgIpc) is 1.80. The smallest absolute Gasteiger partial charge is 0.107 e. The summed E-state index contributed by atoms with van der Waals surface area (Å²) in [7, 11) is 4.56. The van der Waals surface area contributed by atoms with E-state index in [2.05, 4.69) is 43.8 Å². The van der Waals surface area contributed by atoms with E-state index < -0.39 is 37.5 Å². The number of hydrogen-bond acceptors (Lipinski definition) is 2. The van der Waals surface area contributed by atoms with Gasteiger partial charge in [-0.25, -0.2) is 0 Å². The van der Waals surface area contributed by atoms with E-state index >= 15 is 0 Å². The molecule has 0 aromatic rings. The number of rotatable bonds is 6. The molecule has 0 aromatic carbocycles. The van der Waals surface area contributed by atoms with Gasteiger partial charge in [-0.05, 0) is 0 Å². The van der Waals surface area contributed by atoms with Gasteiger partial charge in [0.05, 0.1) is 0 Å². The minimum atomic E-state index is -0.654. The summed E-state index contributed by atoms with van der Waals surface area (Å²) in [6, 6.07) is 0. The molecule has 0 fully saturated rings. The zero-order valence-corrected chi connectivity index (χ0v) is 15.9.